The van der Waals surface area contributed by atoms with Crippen LogP contribution in [0.2, 0.25) is 0 Å². The number of aromatic nitrogens is 1. The molecule has 2 heterocycles. The molecule has 0 saturated carbocycles. The van der Waals surface area contributed by atoms with Gasteiger partial charge < -0.3 is 9.72 Å². The van der Waals surface area contributed by atoms with Gasteiger partial charge in [-0.05, 0) is 48.6 Å². The highest BCUT2D eigenvalue weighted by atomic mass is 32.1. The van der Waals surface area contributed by atoms with Crippen molar-refractivity contribution < 1.29 is 4.74 Å². The molecule has 0 radical (unpaired) electrons. The van der Waals surface area contributed by atoms with Crippen LogP contribution in [0.4, 0.5) is 0 Å². The molecular weight excluding hydrogens is 356 g/mol. The lowest BCUT2D eigenvalue weighted by atomic mass is 9.85. The van der Waals surface area contributed by atoms with E-state index < -0.39 is 5.41 Å². The summed E-state index contributed by atoms with van der Waals surface area (Å²) in [5.41, 5.74) is 3.04. The van der Waals surface area contributed by atoms with Crippen molar-refractivity contribution in [1.29, 1.82) is 5.26 Å². The number of hydrogen-bond donors (Lipinski definition) is 1. The minimum Gasteiger partial charge on any atom is -0.496 e. The number of aromatic amines is 1. The molecule has 0 atom stereocenters. The molecule has 4 nitrogen and oxygen atoms in total. The average Bonchev–Trinajstić information content (AvgIpc) is 3.18. The van der Waals surface area contributed by atoms with E-state index in [1.807, 2.05) is 61.7 Å². The van der Waals surface area contributed by atoms with Gasteiger partial charge in [0.1, 0.15) is 10.4 Å². The summed E-state index contributed by atoms with van der Waals surface area (Å²) in [4.78, 5) is 15.3. The zero-order chi connectivity index (χ0) is 19.2. The van der Waals surface area contributed by atoms with E-state index in [1.54, 1.807) is 7.11 Å². The second kappa shape index (κ2) is 6.26. The third-order valence-corrected chi connectivity index (χ3v) is 5.86. The van der Waals surface area contributed by atoms with Gasteiger partial charge in [0.25, 0.3) is 5.56 Å². The molecule has 0 bridgehead atoms. The lowest BCUT2D eigenvalue weighted by Gasteiger charge is -2.17. The topological polar surface area (TPSA) is 65.9 Å². The summed E-state index contributed by atoms with van der Waals surface area (Å²) in [7, 11) is 1.65. The third-order valence-electron chi connectivity index (χ3n) is 4.95. The van der Waals surface area contributed by atoms with Crippen LogP contribution in [-0.4, -0.2) is 12.1 Å². The van der Waals surface area contributed by atoms with Crippen LogP contribution in [-0.2, 0) is 5.41 Å². The van der Waals surface area contributed by atoms with Crippen molar-refractivity contribution in [2.45, 2.75) is 19.3 Å². The van der Waals surface area contributed by atoms with Crippen molar-refractivity contribution in [1.82, 2.24) is 4.98 Å². The maximum absolute atomic E-state index is 12.3. The molecule has 0 unspecified atom stereocenters. The van der Waals surface area contributed by atoms with E-state index in [4.69, 9.17) is 4.74 Å². The molecule has 1 N–H and O–H groups in total. The fourth-order valence-corrected chi connectivity index (χ4v) is 4.20. The Kier molecular flexibility index (Phi) is 4.01. The monoisotopic (exact) mass is 374 g/mol. The highest BCUT2D eigenvalue weighted by Crippen LogP contribution is 2.40. The Morgan fingerprint density at radius 3 is 2.52 bits per heavy atom. The van der Waals surface area contributed by atoms with Gasteiger partial charge in [0.05, 0.1) is 18.6 Å². The van der Waals surface area contributed by atoms with Crippen LogP contribution >= 0.6 is 11.3 Å². The minimum atomic E-state index is -0.548. The maximum Gasteiger partial charge on any atom is 0.266 e. The first-order valence-corrected chi connectivity index (χ1v) is 9.46. The van der Waals surface area contributed by atoms with Crippen LogP contribution in [0.3, 0.4) is 0 Å². The number of nitriles is 1. The molecule has 0 saturated heterocycles. The molecule has 4 rings (SSSR count). The van der Waals surface area contributed by atoms with Gasteiger partial charge in [0.15, 0.2) is 0 Å². The Morgan fingerprint density at radius 2 is 1.85 bits per heavy atom. The van der Waals surface area contributed by atoms with Crippen LogP contribution in [0.1, 0.15) is 19.4 Å². The smallest absolute Gasteiger partial charge is 0.266 e. The van der Waals surface area contributed by atoms with Crippen LogP contribution < -0.4 is 10.3 Å². The molecule has 27 heavy (non-hydrogen) atoms. The number of H-pyrrole nitrogens is 1. The number of fused-ring (bicyclic) bond motifs is 3. The van der Waals surface area contributed by atoms with Crippen molar-refractivity contribution in [2.75, 3.05) is 7.11 Å². The normalized spacial score (nSPS) is 11.6. The highest BCUT2D eigenvalue weighted by Gasteiger charge is 2.21. The number of nitrogens with one attached hydrogen (secondary N) is 1. The van der Waals surface area contributed by atoms with Gasteiger partial charge in [-0.3, -0.25) is 4.79 Å². The summed E-state index contributed by atoms with van der Waals surface area (Å²) < 4.78 is 6.35. The number of nitrogens with zero attached hydrogens (tertiary/aromatic N) is 1. The molecule has 4 aromatic rings. The Bertz CT molecular complexity index is 1260. The van der Waals surface area contributed by atoms with Gasteiger partial charge in [-0.15, -0.1) is 11.3 Å². The highest BCUT2D eigenvalue weighted by molar-refractivity contribution is 7.17. The number of ether oxygens (including phenoxy) is 1. The van der Waals surface area contributed by atoms with Crippen LogP contribution in [0.15, 0.2) is 52.6 Å². The molecule has 0 aliphatic heterocycles. The number of hydrogen-bond acceptors (Lipinski definition) is 4. The zero-order valence-corrected chi connectivity index (χ0v) is 16.1. The number of thiophene rings is 1. The molecule has 0 spiro atoms. The fraction of sp³-hybridized carbons (Fsp3) is 0.182. The van der Waals surface area contributed by atoms with E-state index >= 15 is 0 Å². The molecular formula is C22H18N2O2S. The molecule has 2 aromatic heterocycles. The molecule has 134 valence electrons. The summed E-state index contributed by atoms with van der Waals surface area (Å²) in [5, 5.41) is 13.2. The first-order chi connectivity index (χ1) is 13.0. The number of methoxy groups -OCH3 is 1. The summed E-state index contributed by atoms with van der Waals surface area (Å²) in [5.74, 6) is 0.745. The quantitative estimate of drug-likeness (QED) is 0.535. The van der Waals surface area contributed by atoms with Crippen LogP contribution in [0.25, 0.3) is 32.1 Å². The lowest BCUT2D eigenvalue weighted by molar-refractivity contribution is 0.417. The predicted octanol–water partition coefficient (Wildman–Crippen LogP) is 5.22. The van der Waals surface area contributed by atoms with E-state index in [0.717, 1.165) is 38.7 Å². The van der Waals surface area contributed by atoms with Gasteiger partial charge in [-0.1, -0.05) is 24.3 Å². The molecule has 0 amide bonds. The first-order valence-electron chi connectivity index (χ1n) is 8.58. The summed E-state index contributed by atoms with van der Waals surface area (Å²) in [6.45, 7) is 3.81. The number of benzene rings is 2. The number of rotatable bonds is 3. The SMILES string of the molecule is COc1ccc2[nH]c(=O)c3sccc3c2c1-c1ccc(C(C)(C)C#N)cc1. The number of pyridine rings is 1. The average molecular weight is 374 g/mol. The second-order valence-electron chi connectivity index (χ2n) is 7.00. The van der Waals surface area contributed by atoms with Crippen LogP contribution in [0.5, 0.6) is 5.75 Å². The minimum absolute atomic E-state index is 0.0743. The zero-order valence-electron chi connectivity index (χ0n) is 15.3. The summed E-state index contributed by atoms with van der Waals surface area (Å²) >= 11 is 1.43. The largest absolute Gasteiger partial charge is 0.496 e. The molecule has 0 aliphatic rings. The van der Waals surface area contributed by atoms with E-state index in [-0.39, 0.29) is 5.56 Å². The van der Waals surface area contributed by atoms with E-state index in [0.29, 0.717) is 4.70 Å². The van der Waals surface area contributed by atoms with Crippen molar-refractivity contribution in [3.63, 3.8) is 0 Å². The molecule has 5 heteroatoms. The van der Waals surface area contributed by atoms with Gasteiger partial charge in [-0.2, -0.15) is 5.26 Å². The third kappa shape index (κ3) is 2.70. The summed E-state index contributed by atoms with van der Waals surface area (Å²) in [6.07, 6.45) is 0. The fourth-order valence-electron chi connectivity index (χ4n) is 3.40. The Hall–Kier alpha value is -3.10. The van der Waals surface area contributed by atoms with E-state index in [9.17, 15) is 10.1 Å². The molecule has 0 fully saturated rings. The second-order valence-corrected chi connectivity index (χ2v) is 7.91. The van der Waals surface area contributed by atoms with Crippen molar-refractivity contribution in [3.05, 3.63) is 63.8 Å². The summed E-state index contributed by atoms with van der Waals surface area (Å²) in [6, 6.07) is 16.0. The lowest BCUT2D eigenvalue weighted by Crippen LogP contribution is -2.13. The van der Waals surface area contributed by atoms with Gasteiger partial charge in [-0.25, -0.2) is 0 Å². The maximum atomic E-state index is 12.3. The molecule has 2 aromatic carbocycles. The first kappa shape index (κ1) is 17.3. The predicted molar refractivity (Wildman–Crippen MR) is 111 cm³/mol. The van der Waals surface area contributed by atoms with Gasteiger partial charge in [0.2, 0.25) is 0 Å². The van der Waals surface area contributed by atoms with Crippen molar-refractivity contribution >= 4 is 32.3 Å². The van der Waals surface area contributed by atoms with E-state index in [2.05, 4.69) is 11.1 Å². The standard InChI is InChI=1S/C22H18N2O2S/c1-22(2,12-23)14-6-4-13(5-7-14)18-17(26-3)9-8-16-19(18)15-10-11-27-20(15)21(25)24-16/h4-11H,1-3H3,(H,24,25). The Morgan fingerprint density at radius 1 is 1.11 bits per heavy atom. The van der Waals surface area contributed by atoms with Crippen molar-refractivity contribution in [2.24, 2.45) is 0 Å². The van der Waals surface area contributed by atoms with Crippen LogP contribution in [0, 0.1) is 11.3 Å². The van der Waals surface area contributed by atoms with E-state index in [1.165, 1.54) is 11.3 Å². The molecule has 0 aliphatic carbocycles. The van der Waals surface area contributed by atoms with Crippen molar-refractivity contribution in [3.8, 4) is 22.9 Å². The Labute approximate surface area is 160 Å². The van der Waals surface area contributed by atoms with Gasteiger partial charge in [0, 0.05) is 21.9 Å². The Balaban J connectivity index is 2.05. The van der Waals surface area contributed by atoms with Gasteiger partial charge >= 0.3 is 0 Å².